The Kier molecular flexibility index (Phi) is 4.22. The predicted octanol–water partition coefficient (Wildman–Crippen LogP) is 3.08. The Bertz CT molecular complexity index is 534. The quantitative estimate of drug-likeness (QED) is 0.897. The third-order valence-electron chi connectivity index (χ3n) is 2.89. The van der Waals surface area contributed by atoms with Crippen molar-refractivity contribution < 1.29 is 9.15 Å². The Balaban J connectivity index is 2.31. The van der Waals surface area contributed by atoms with Crippen LogP contribution < -0.4 is 10.1 Å². The molecule has 1 unspecified atom stereocenters. The molecule has 0 bridgehead atoms. The zero-order valence-electron chi connectivity index (χ0n) is 11.8. The summed E-state index contributed by atoms with van der Waals surface area (Å²) < 4.78 is 11.2. The van der Waals surface area contributed by atoms with E-state index in [1.807, 2.05) is 46.1 Å². The molecule has 0 spiro atoms. The molecular formula is C15H20N2O2. The van der Waals surface area contributed by atoms with Crippen LogP contribution in [0.25, 0.3) is 0 Å². The molecule has 0 radical (unpaired) electrons. The molecule has 2 aromatic heterocycles. The summed E-state index contributed by atoms with van der Waals surface area (Å²) in [6, 6.07) is 3.94. The molecule has 1 N–H and O–H groups in total. The molecular weight excluding hydrogens is 240 g/mol. The number of aromatic nitrogens is 1. The summed E-state index contributed by atoms with van der Waals surface area (Å²) in [6.07, 6.45) is 5.40. The highest BCUT2D eigenvalue weighted by molar-refractivity contribution is 5.33. The highest BCUT2D eigenvalue weighted by Crippen LogP contribution is 2.27. The molecule has 0 amide bonds. The van der Waals surface area contributed by atoms with Gasteiger partial charge in [-0.15, -0.1) is 0 Å². The second-order valence-electron chi connectivity index (χ2n) is 4.81. The van der Waals surface area contributed by atoms with Crippen LogP contribution in [-0.4, -0.2) is 18.1 Å². The number of nitrogens with one attached hydrogen (secondary N) is 1. The van der Waals surface area contributed by atoms with Crippen LogP contribution in [0.15, 0.2) is 35.2 Å². The minimum Gasteiger partial charge on any atom is -0.489 e. The zero-order valence-corrected chi connectivity index (χ0v) is 11.8. The average Bonchev–Trinajstić information content (AvgIpc) is 2.77. The molecule has 4 heteroatoms. The first-order chi connectivity index (χ1) is 9.11. The summed E-state index contributed by atoms with van der Waals surface area (Å²) in [5, 5.41) is 3.25. The lowest BCUT2D eigenvalue weighted by Crippen LogP contribution is -2.18. The van der Waals surface area contributed by atoms with Gasteiger partial charge in [-0.05, 0) is 51.1 Å². The lowest BCUT2D eigenvalue weighted by atomic mass is 10.0. The third-order valence-corrected chi connectivity index (χ3v) is 2.89. The van der Waals surface area contributed by atoms with Gasteiger partial charge >= 0.3 is 0 Å². The van der Waals surface area contributed by atoms with Gasteiger partial charge in [0.2, 0.25) is 0 Å². The van der Waals surface area contributed by atoms with Crippen LogP contribution in [0.5, 0.6) is 5.75 Å². The maximum Gasteiger partial charge on any atom is 0.138 e. The highest BCUT2D eigenvalue weighted by Gasteiger charge is 2.18. The van der Waals surface area contributed by atoms with E-state index in [1.165, 1.54) is 0 Å². The summed E-state index contributed by atoms with van der Waals surface area (Å²) >= 11 is 0. The van der Waals surface area contributed by atoms with E-state index in [9.17, 15) is 0 Å². The first kappa shape index (κ1) is 13.6. The van der Waals surface area contributed by atoms with Gasteiger partial charge in [0.1, 0.15) is 11.5 Å². The normalized spacial score (nSPS) is 12.7. The molecule has 2 heterocycles. The number of rotatable bonds is 5. The first-order valence-corrected chi connectivity index (χ1v) is 6.44. The van der Waals surface area contributed by atoms with Gasteiger partial charge in [0.15, 0.2) is 0 Å². The van der Waals surface area contributed by atoms with Crippen LogP contribution in [0.4, 0.5) is 0 Å². The topological polar surface area (TPSA) is 47.3 Å². The van der Waals surface area contributed by atoms with Gasteiger partial charge in [-0.2, -0.15) is 0 Å². The number of aryl methyl sites for hydroxylation is 1. The van der Waals surface area contributed by atoms with Crippen molar-refractivity contribution in [2.75, 3.05) is 7.05 Å². The monoisotopic (exact) mass is 260 g/mol. The maximum absolute atomic E-state index is 5.68. The standard InChI is InChI=1S/C15H20N2O2/c1-10(2)19-13-7-12(8-17-9-13)14(16-4)15-11(3)5-6-18-15/h5-10,14,16H,1-4H3. The molecule has 2 aromatic rings. The summed E-state index contributed by atoms with van der Waals surface area (Å²) in [5.41, 5.74) is 2.15. The molecule has 0 aliphatic rings. The Hall–Kier alpha value is -1.81. The molecule has 19 heavy (non-hydrogen) atoms. The molecule has 0 aliphatic heterocycles. The molecule has 0 aliphatic carbocycles. The molecule has 0 aromatic carbocycles. The molecule has 0 saturated carbocycles. The van der Waals surface area contributed by atoms with Crippen LogP contribution in [0.1, 0.15) is 36.8 Å². The van der Waals surface area contributed by atoms with Gasteiger partial charge < -0.3 is 14.5 Å². The van der Waals surface area contributed by atoms with Crippen molar-refractivity contribution in [1.82, 2.24) is 10.3 Å². The van der Waals surface area contributed by atoms with Crippen LogP contribution in [0, 0.1) is 6.92 Å². The first-order valence-electron chi connectivity index (χ1n) is 6.44. The number of hydrogen-bond acceptors (Lipinski definition) is 4. The Morgan fingerprint density at radius 2 is 2.11 bits per heavy atom. The van der Waals surface area contributed by atoms with Crippen LogP contribution >= 0.6 is 0 Å². The van der Waals surface area contributed by atoms with Crippen LogP contribution in [-0.2, 0) is 0 Å². The molecule has 4 nitrogen and oxygen atoms in total. The lowest BCUT2D eigenvalue weighted by Gasteiger charge is -2.16. The molecule has 0 fully saturated rings. The van der Waals surface area contributed by atoms with Gasteiger partial charge in [0, 0.05) is 6.20 Å². The van der Waals surface area contributed by atoms with Crippen molar-refractivity contribution in [2.24, 2.45) is 0 Å². The van der Waals surface area contributed by atoms with Crippen molar-refractivity contribution in [1.29, 1.82) is 0 Å². The zero-order chi connectivity index (χ0) is 13.8. The van der Waals surface area contributed by atoms with Crippen molar-refractivity contribution in [3.8, 4) is 5.75 Å². The van der Waals surface area contributed by atoms with Crippen molar-refractivity contribution in [3.05, 3.63) is 47.7 Å². The van der Waals surface area contributed by atoms with E-state index in [4.69, 9.17) is 9.15 Å². The molecule has 1 atom stereocenters. The van der Waals surface area contributed by atoms with E-state index < -0.39 is 0 Å². The third kappa shape index (κ3) is 3.15. The van der Waals surface area contributed by atoms with Crippen molar-refractivity contribution in [3.63, 3.8) is 0 Å². The van der Waals surface area contributed by atoms with Gasteiger partial charge in [0.05, 0.1) is 24.6 Å². The second kappa shape index (κ2) is 5.89. The number of ether oxygens (including phenoxy) is 1. The Labute approximate surface area is 113 Å². The van der Waals surface area contributed by atoms with E-state index in [1.54, 1.807) is 12.5 Å². The Morgan fingerprint density at radius 1 is 1.32 bits per heavy atom. The van der Waals surface area contributed by atoms with Gasteiger partial charge in [-0.1, -0.05) is 0 Å². The van der Waals surface area contributed by atoms with Crippen LogP contribution in [0.2, 0.25) is 0 Å². The number of pyridine rings is 1. The minimum atomic E-state index is -0.0155. The second-order valence-corrected chi connectivity index (χ2v) is 4.81. The predicted molar refractivity (Wildman–Crippen MR) is 74.3 cm³/mol. The summed E-state index contributed by atoms with van der Waals surface area (Å²) in [6.45, 7) is 6.03. The lowest BCUT2D eigenvalue weighted by molar-refractivity contribution is 0.241. The van der Waals surface area contributed by atoms with Gasteiger partial charge in [-0.3, -0.25) is 4.98 Å². The van der Waals surface area contributed by atoms with Gasteiger partial charge in [-0.25, -0.2) is 0 Å². The molecule has 0 saturated heterocycles. The molecule has 102 valence electrons. The van der Waals surface area contributed by atoms with Crippen LogP contribution in [0.3, 0.4) is 0 Å². The average molecular weight is 260 g/mol. The largest absolute Gasteiger partial charge is 0.489 e. The maximum atomic E-state index is 5.68. The van der Waals surface area contributed by atoms with Crippen molar-refractivity contribution >= 4 is 0 Å². The van der Waals surface area contributed by atoms with E-state index in [2.05, 4.69) is 10.3 Å². The SMILES string of the molecule is CNC(c1cncc(OC(C)C)c1)c1occc1C. The van der Waals surface area contributed by atoms with E-state index in [0.29, 0.717) is 0 Å². The van der Waals surface area contributed by atoms with Gasteiger partial charge in [0.25, 0.3) is 0 Å². The molecule has 2 rings (SSSR count). The fourth-order valence-electron chi connectivity index (χ4n) is 2.06. The van der Waals surface area contributed by atoms with E-state index in [0.717, 1.165) is 22.6 Å². The van der Waals surface area contributed by atoms with E-state index in [-0.39, 0.29) is 12.1 Å². The Morgan fingerprint density at radius 3 is 2.68 bits per heavy atom. The number of furan rings is 1. The summed E-state index contributed by atoms with van der Waals surface area (Å²) in [5.74, 6) is 1.68. The summed E-state index contributed by atoms with van der Waals surface area (Å²) in [4.78, 5) is 4.24. The number of hydrogen-bond donors (Lipinski definition) is 1. The van der Waals surface area contributed by atoms with Crippen molar-refractivity contribution in [2.45, 2.75) is 32.9 Å². The smallest absolute Gasteiger partial charge is 0.138 e. The highest BCUT2D eigenvalue weighted by atomic mass is 16.5. The van der Waals surface area contributed by atoms with E-state index >= 15 is 0 Å². The fourth-order valence-corrected chi connectivity index (χ4v) is 2.06. The minimum absolute atomic E-state index is 0.0155. The summed E-state index contributed by atoms with van der Waals surface area (Å²) in [7, 11) is 1.91. The fraction of sp³-hybridized carbons (Fsp3) is 0.400. The number of nitrogens with zero attached hydrogens (tertiary/aromatic N) is 1.